The molecule has 0 unspecified atom stereocenters. The van der Waals surface area contributed by atoms with Crippen molar-refractivity contribution in [2.45, 2.75) is 6.92 Å². The van der Waals surface area contributed by atoms with Gasteiger partial charge in [0.25, 0.3) is 0 Å². The zero-order chi connectivity index (χ0) is 3.58. The number of carbonyl (C=O) groups excluding carboxylic acids is 1. The lowest BCUT2D eigenvalue weighted by Crippen LogP contribution is -3.00. The molecule has 0 aromatic carbocycles. The Morgan fingerprint density at radius 3 is 1.50 bits per heavy atom. The third kappa shape index (κ3) is 984. The topological polar surface area (TPSA) is 44.7 Å². The van der Waals surface area contributed by atoms with E-state index < -0.39 is 0 Å². The second-order valence-electron chi connectivity index (χ2n) is 0.702. The Bertz CT molecular complexity index is 34.5. The van der Waals surface area contributed by atoms with Crippen molar-refractivity contribution in [3.63, 3.8) is 0 Å². The van der Waals surface area contributed by atoms with Gasteiger partial charge in [0, 0.05) is 0 Å². The number of carbonyl (C=O) groups is 1. The fraction of sp³-hybridized carbons (Fsp3) is 0.500. The summed E-state index contributed by atoms with van der Waals surface area (Å²) in [5, 5.41) is 0. The highest BCUT2D eigenvalue weighted by Gasteiger charge is 1.68. The molecule has 0 aliphatic heterocycles. The van der Waals surface area contributed by atoms with E-state index in [1.807, 2.05) is 0 Å². The standard InChI is InChI=1S/C2H5NO.2ClH/c1-2(3)4;;/h1H3,(H2,3,4);2*1H/p-1. The van der Waals surface area contributed by atoms with Crippen LogP contribution >= 0.6 is 0 Å². The van der Waals surface area contributed by atoms with Crippen molar-refractivity contribution in [2.75, 3.05) is 0 Å². The van der Waals surface area contributed by atoms with Crippen LogP contribution in [0.25, 0.3) is 0 Å². The monoisotopic (exact) mass is 130 g/mol. The zero-order valence-corrected chi connectivity index (χ0v) is 4.88. The Kier molecular flexibility index (Phi) is 24.4. The van der Waals surface area contributed by atoms with E-state index in [1.54, 1.807) is 0 Å². The van der Waals surface area contributed by atoms with E-state index in [0.29, 0.717) is 0 Å². The van der Waals surface area contributed by atoms with Gasteiger partial charge >= 0.3 is 5.91 Å². The largest absolute Gasteiger partial charge is 1.00 e. The van der Waals surface area contributed by atoms with Crippen LogP contribution in [0.5, 0.6) is 0 Å². The number of hydrogen-bond donors (Lipinski definition) is 1. The summed E-state index contributed by atoms with van der Waals surface area (Å²) in [6, 6.07) is 0. The van der Waals surface area contributed by atoms with Crippen molar-refractivity contribution < 1.29 is 35.3 Å². The van der Waals surface area contributed by atoms with Crippen molar-refractivity contribution in [1.29, 1.82) is 0 Å². The first-order valence-corrected chi connectivity index (χ1v) is 1.06. The smallest absolute Gasteiger partial charge is 0.305 e. The number of quaternary nitrogens is 1. The van der Waals surface area contributed by atoms with Crippen LogP contribution in [0.15, 0.2) is 0 Å². The lowest BCUT2D eigenvalue weighted by Gasteiger charge is -1.53. The molecule has 2 nitrogen and oxygen atoms in total. The molecule has 40 valence electrons. The molecule has 0 rings (SSSR count). The van der Waals surface area contributed by atoms with Crippen molar-refractivity contribution in [3.8, 4) is 0 Å². The van der Waals surface area contributed by atoms with Crippen LogP contribution in [0.4, 0.5) is 0 Å². The Morgan fingerprint density at radius 1 is 1.50 bits per heavy atom. The SMILES string of the molecule is CC([NH3+])=O.[Cl-].[Cl-]. The van der Waals surface area contributed by atoms with E-state index in [1.165, 1.54) is 6.92 Å². The summed E-state index contributed by atoms with van der Waals surface area (Å²) in [5.74, 6) is -0.0833. The molecule has 0 aliphatic carbocycles. The molecule has 0 fully saturated rings. The van der Waals surface area contributed by atoms with Crippen molar-refractivity contribution in [1.82, 2.24) is 0 Å². The van der Waals surface area contributed by atoms with Gasteiger partial charge in [-0.05, 0) is 0 Å². The van der Waals surface area contributed by atoms with Crippen molar-refractivity contribution in [3.05, 3.63) is 0 Å². The molecule has 0 atom stereocenters. The fourth-order valence-electron chi connectivity index (χ4n) is 0. The van der Waals surface area contributed by atoms with Gasteiger partial charge < -0.3 is 24.8 Å². The van der Waals surface area contributed by atoms with Gasteiger partial charge in [-0.2, -0.15) is 0 Å². The summed E-state index contributed by atoms with van der Waals surface area (Å²) in [6.07, 6.45) is 0. The third-order valence-electron chi connectivity index (χ3n) is 0. The zero-order valence-electron chi connectivity index (χ0n) is 3.37. The van der Waals surface area contributed by atoms with Gasteiger partial charge in [0.15, 0.2) is 0 Å². The van der Waals surface area contributed by atoms with Crippen LogP contribution in [-0.4, -0.2) is 5.91 Å². The highest BCUT2D eigenvalue weighted by Crippen LogP contribution is 1.27. The highest BCUT2D eigenvalue weighted by atomic mass is 35.5. The molecule has 0 spiro atoms. The summed E-state index contributed by atoms with van der Waals surface area (Å²) in [7, 11) is 0. The van der Waals surface area contributed by atoms with Crippen LogP contribution in [-0.2, 0) is 4.79 Å². The number of amides is 1. The molecular formula is C2H6Cl2NO-. The van der Waals surface area contributed by atoms with E-state index in [9.17, 15) is 4.79 Å². The van der Waals surface area contributed by atoms with Gasteiger partial charge in [0.1, 0.15) is 0 Å². The average Bonchev–Trinajstić information content (AvgIpc) is 0.811. The Morgan fingerprint density at radius 2 is 1.50 bits per heavy atom. The second kappa shape index (κ2) is 8.96. The van der Waals surface area contributed by atoms with Gasteiger partial charge in [-0.3, -0.25) is 5.73 Å². The van der Waals surface area contributed by atoms with E-state index in [2.05, 4.69) is 5.73 Å². The molecule has 0 heterocycles. The normalized spacial score (nSPS) is 4.33. The van der Waals surface area contributed by atoms with E-state index in [4.69, 9.17) is 0 Å². The molecule has 0 saturated carbocycles. The highest BCUT2D eigenvalue weighted by molar-refractivity contribution is 5.60. The van der Waals surface area contributed by atoms with E-state index in [-0.39, 0.29) is 30.7 Å². The number of rotatable bonds is 0. The van der Waals surface area contributed by atoms with Crippen LogP contribution in [0.3, 0.4) is 0 Å². The average molecular weight is 131 g/mol. The predicted octanol–water partition coefficient (Wildman–Crippen LogP) is -7.22. The first-order valence-electron chi connectivity index (χ1n) is 1.06. The molecular weight excluding hydrogens is 125 g/mol. The van der Waals surface area contributed by atoms with Gasteiger partial charge in [0.2, 0.25) is 0 Å². The van der Waals surface area contributed by atoms with Crippen LogP contribution in [0.2, 0.25) is 0 Å². The van der Waals surface area contributed by atoms with Gasteiger partial charge in [0.05, 0.1) is 6.92 Å². The molecule has 6 heavy (non-hydrogen) atoms. The maximum atomic E-state index is 9.33. The summed E-state index contributed by atoms with van der Waals surface area (Å²) < 4.78 is 0. The van der Waals surface area contributed by atoms with Gasteiger partial charge in [-0.1, -0.05) is 0 Å². The molecule has 0 saturated heterocycles. The Hall–Kier alpha value is 0.210. The summed E-state index contributed by atoms with van der Waals surface area (Å²) in [4.78, 5) is 9.33. The maximum Gasteiger partial charge on any atom is 0.305 e. The molecule has 1 amide bonds. The first kappa shape index (κ1) is 16.4. The molecule has 4 heteroatoms. The van der Waals surface area contributed by atoms with Crippen molar-refractivity contribution >= 4 is 5.91 Å². The van der Waals surface area contributed by atoms with Crippen molar-refractivity contribution in [2.24, 2.45) is 0 Å². The number of hydrogen-bond acceptors (Lipinski definition) is 1. The van der Waals surface area contributed by atoms with Crippen LogP contribution in [0.1, 0.15) is 6.92 Å². The van der Waals surface area contributed by atoms with E-state index in [0.717, 1.165) is 0 Å². The minimum atomic E-state index is -0.0833. The van der Waals surface area contributed by atoms with Gasteiger partial charge in [-0.15, -0.1) is 0 Å². The lowest BCUT2D eigenvalue weighted by atomic mass is 10.8. The summed E-state index contributed by atoms with van der Waals surface area (Å²) in [6.45, 7) is 1.42. The quantitative estimate of drug-likeness (QED) is 0.348. The predicted molar refractivity (Wildman–Crippen MR) is 13.6 cm³/mol. The minimum absolute atomic E-state index is 0. The molecule has 0 aromatic heterocycles. The second-order valence-corrected chi connectivity index (χ2v) is 0.702. The molecule has 0 aliphatic rings. The van der Waals surface area contributed by atoms with E-state index >= 15 is 0 Å². The van der Waals surface area contributed by atoms with Crippen LogP contribution < -0.4 is 30.5 Å². The molecule has 0 radical (unpaired) electrons. The summed E-state index contributed by atoms with van der Waals surface area (Å²) >= 11 is 0. The van der Waals surface area contributed by atoms with Crippen LogP contribution in [0, 0.1) is 0 Å². The molecule has 3 N–H and O–H groups in total. The summed E-state index contributed by atoms with van der Waals surface area (Å²) in [5.41, 5.74) is 3.00. The van der Waals surface area contributed by atoms with Gasteiger partial charge in [-0.25, -0.2) is 4.79 Å². The first-order chi connectivity index (χ1) is 1.73. The maximum absolute atomic E-state index is 9.33. The number of halogens is 2. The Balaban J connectivity index is -0.0000000450. The lowest BCUT2D eigenvalue weighted by molar-refractivity contribution is -0.302. The third-order valence-corrected chi connectivity index (χ3v) is 0. The Labute approximate surface area is 48.9 Å². The minimum Gasteiger partial charge on any atom is -1.00 e. The molecule has 0 aromatic rings. The fourth-order valence-corrected chi connectivity index (χ4v) is 0. The molecule has 0 bridgehead atoms.